The lowest BCUT2D eigenvalue weighted by molar-refractivity contribution is 0.150. The van der Waals surface area contributed by atoms with Crippen LogP contribution in [0.1, 0.15) is 12.0 Å². The van der Waals surface area contributed by atoms with Crippen molar-refractivity contribution in [1.82, 2.24) is 0 Å². The molecule has 12 heavy (non-hydrogen) atoms. The molecule has 0 saturated heterocycles. The number of rotatable bonds is 1. The van der Waals surface area contributed by atoms with Crippen molar-refractivity contribution in [2.24, 2.45) is 0 Å². The molecule has 66 valence electrons. The molecule has 0 radical (unpaired) electrons. The van der Waals surface area contributed by atoms with E-state index in [1.165, 1.54) is 12.1 Å². The van der Waals surface area contributed by atoms with E-state index in [0.29, 0.717) is 0 Å². The van der Waals surface area contributed by atoms with Crippen molar-refractivity contribution < 1.29 is 13.2 Å². The first-order valence-corrected chi connectivity index (χ1v) is 4.54. The van der Waals surface area contributed by atoms with Gasteiger partial charge < -0.3 is 0 Å². The molecule has 1 aromatic carbocycles. The van der Waals surface area contributed by atoms with Gasteiger partial charge >= 0.3 is 0 Å². The number of benzene rings is 1. The summed E-state index contributed by atoms with van der Waals surface area (Å²) < 4.78 is 37.2. The summed E-state index contributed by atoms with van der Waals surface area (Å²) in [5.74, 6) is -0.701. The van der Waals surface area contributed by atoms with Crippen LogP contribution >= 0.6 is 31.9 Å². The van der Waals surface area contributed by atoms with E-state index in [0.717, 1.165) is 0 Å². The molecule has 0 aliphatic rings. The highest BCUT2D eigenvalue weighted by Crippen LogP contribution is 2.32. The highest BCUT2D eigenvalue weighted by atomic mass is 79.9. The third-order valence-electron chi connectivity index (χ3n) is 1.30. The third-order valence-corrected chi connectivity index (χ3v) is 2.72. The van der Waals surface area contributed by atoms with E-state index in [2.05, 4.69) is 31.9 Å². The average molecular weight is 304 g/mol. The molecule has 1 aromatic rings. The van der Waals surface area contributed by atoms with Crippen molar-refractivity contribution in [2.45, 2.75) is 6.43 Å². The van der Waals surface area contributed by atoms with E-state index < -0.39 is 12.2 Å². The Morgan fingerprint density at radius 2 is 1.75 bits per heavy atom. The highest BCUT2D eigenvalue weighted by molar-refractivity contribution is 9.11. The van der Waals surface area contributed by atoms with Crippen LogP contribution in [0.25, 0.3) is 0 Å². The Balaban J connectivity index is 3.27. The van der Waals surface area contributed by atoms with Gasteiger partial charge in [-0.3, -0.25) is 0 Å². The zero-order valence-electron chi connectivity index (χ0n) is 5.62. The van der Waals surface area contributed by atoms with Gasteiger partial charge in [-0.1, -0.05) is 6.07 Å². The monoisotopic (exact) mass is 302 g/mol. The summed E-state index contributed by atoms with van der Waals surface area (Å²) in [6.07, 6.45) is -2.66. The Morgan fingerprint density at radius 3 is 2.25 bits per heavy atom. The van der Waals surface area contributed by atoms with Crippen molar-refractivity contribution in [3.8, 4) is 0 Å². The van der Waals surface area contributed by atoms with Gasteiger partial charge in [0.25, 0.3) is 6.43 Å². The van der Waals surface area contributed by atoms with Crippen molar-refractivity contribution >= 4 is 31.9 Å². The number of alkyl halides is 2. The second kappa shape index (κ2) is 3.79. The molecular formula is C7H3Br2F3. The molecule has 0 aromatic heterocycles. The van der Waals surface area contributed by atoms with Gasteiger partial charge in [-0.2, -0.15) is 0 Å². The molecular weight excluding hydrogens is 301 g/mol. The minimum atomic E-state index is -2.66. The topological polar surface area (TPSA) is 0 Å². The molecule has 0 bridgehead atoms. The summed E-state index contributed by atoms with van der Waals surface area (Å²) in [5.41, 5.74) is -0.337. The van der Waals surface area contributed by atoms with Gasteiger partial charge in [0.15, 0.2) is 5.82 Å². The zero-order valence-corrected chi connectivity index (χ0v) is 8.79. The molecule has 0 fully saturated rings. The molecule has 0 aliphatic heterocycles. The molecule has 1 rings (SSSR count). The van der Waals surface area contributed by atoms with E-state index in [-0.39, 0.29) is 14.5 Å². The molecule has 0 amide bonds. The Hall–Kier alpha value is -0.0300. The van der Waals surface area contributed by atoms with Gasteiger partial charge in [-0.25, -0.2) is 13.2 Å². The van der Waals surface area contributed by atoms with E-state index in [1.807, 2.05) is 0 Å². The molecule has 0 unspecified atom stereocenters. The first-order valence-electron chi connectivity index (χ1n) is 2.95. The largest absolute Gasteiger partial charge is 0.265 e. The highest BCUT2D eigenvalue weighted by Gasteiger charge is 2.16. The lowest BCUT2D eigenvalue weighted by atomic mass is 10.2. The van der Waals surface area contributed by atoms with Gasteiger partial charge in [-0.05, 0) is 37.9 Å². The number of hydrogen-bond donors (Lipinski definition) is 0. The quantitative estimate of drug-likeness (QED) is 0.679. The molecule has 0 saturated carbocycles. The summed E-state index contributed by atoms with van der Waals surface area (Å²) in [5, 5.41) is 0. The Kier molecular flexibility index (Phi) is 3.17. The van der Waals surface area contributed by atoms with Crippen molar-refractivity contribution in [3.63, 3.8) is 0 Å². The molecule has 0 N–H and O–H groups in total. The summed E-state index contributed by atoms with van der Waals surface area (Å²) in [6.45, 7) is 0. The lowest BCUT2D eigenvalue weighted by Gasteiger charge is -2.04. The fourth-order valence-corrected chi connectivity index (χ4v) is 1.82. The van der Waals surface area contributed by atoms with Crippen LogP contribution in [-0.2, 0) is 0 Å². The molecule has 0 aliphatic carbocycles. The third kappa shape index (κ3) is 1.82. The van der Waals surface area contributed by atoms with Crippen molar-refractivity contribution in [3.05, 3.63) is 32.5 Å². The number of hydrogen-bond acceptors (Lipinski definition) is 0. The molecule has 0 nitrogen and oxygen atoms in total. The minimum Gasteiger partial charge on any atom is -0.205 e. The molecule has 0 atom stereocenters. The van der Waals surface area contributed by atoms with Crippen LogP contribution in [0.4, 0.5) is 13.2 Å². The van der Waals surface area contributed by atoms with Crippen molar-refractivity contribution in [1.29, 1.82) is 0 Å². The normalized spacial score (nSPS) is 10.8. The van der Waals surface area contributed by atoms with Gasteiger partial charge in [0.05, 0.1) is 8.95 Å². The Labute approximate surface area is 84.0 Å². The van der Waals surface area contributed by atoms with E-state index in [1.54, 1.807) is 0 Å². The standard InChI is InChI=1S/C7H3Br2F3/c8-4-2-1-3(7(11)12)5(9)6(4)10/h1-2,7H. The smallest absolute Gasteiger partial charge is 0.205 e. The Morgan fingerprint density at radius 1 is 1.17 bits per heavy atom. The summed E-state index contributed by atoms with van der Waals surface area (Å²) in [7, 11) is 0. The van der Waals surface area contributed by atoms with Gasteiger partial charge in [0.1, 0.15) is 0 Å². The second-order valence-corrected chi connectivity index (χ2v) is 3.71. The van der Waals surface area contributed by atoms with Crippen LogP contribution in [0.2, 0.25) is 0 Å². The first kappa shape index (κ1) is 10.1. The van der Waals surface area contributed by atoms with E-state index in [9.17, 15) is 13.2 Å². The maximum Gasteiger partial charge on any atom is 0.265 e. The van der Waals surface area contributed by atoms with E-state index >= 15 is 0 Å². The van der Waals surface area contributed by atoms with Crippen molar-refractivity contribution in [2.75, 3.05) is 0 Å². The maximum atomic E-state index is 12.9. The SMILES string of the molecule is Fc1c(Br)ccc(C(F)F)c1Br. The summed E-state index contributed by atoms with van der Waals surface area (Å²) >= 11 is 5.63. The number of halogens is 5. The first-order chi connectivity index (χ1) is 5.54. The van der Waals surface area contributed by atoms with Crippen LogP contribution in [0.5, 0.6) is 0 Å². The lowest BCUT2D eigenvalue weighted by Crippen LogP contribution is -1.90. The van der Waals surface area contributed by atoms with Gasteiger partial charge in [0, 0.05) is 5.56 Å². The van der Waals surface area contributed by atoms with Crippen LogP contribution in [0, 0.1) is 5.82 Å². The van der Waals surface area contributed by atoms with Crippen LogP contribution in [0.15, 0.2) is 21.1 Å². The van der Waals surface area contributed by atoms with E-state index in [4.69, 9.17) is 0 Å². The minimum absolute atomic E-state index is 0.166. The summed E-state index contributed by atoms with van der Waals surface area (Å²) in [6, 6.07) is 2.42. The molecule has 0 heterocycles. The predicted octanol–water partition coefficient (Wildman–Crippen LogP) is 4.29. The maximum absolute atomic E-state index is 12.9. The fraction of sp³-hybridized carbons (Fsp3) is 0.143. The van der Waals surface area contributed by atoms with Crippen LogP contribution in [-0.4, -0.2) is 0 Å². The summed E-state index contributed by atoms with van der Waals surface area (Å²) in [4.78, 5) is 0. The van der Waals surface area contributed by atoms with Crippen LogP contribution < -0.4 is 0 Å². The zero-order chi connectivity index (χ0) is 9.30. The van der Waals surface area contributed by atoms with Crippen LogP contribution in [0.3, 0.4) is 0 Å². The van der Waals surface area contributed by atoms with Gasteiger partial charge in [0.2, 0.25) is 0 Å². The predicted molar refractivity (Wildman–Crippen MR) is 46.8 cm³/mol. The second-order valence-electron chi connectivity index (χ2n) is 2.07. The van der Waals surface area contributed by atoms with Gasteiger partial charge in [-0.15, -0.1) is 0 Å². The Bertz CT molecular complexity index is 299. The molecule has 0 spiro atoms. The molecule has 5 heteroatoms. The fourth-order valence-electron chi connectivity index (χ4n) is 0.709. The average Bonchev–Trinajstić information content (AvgIpc) is 2.00.